The minimum Gasteiger partial charge on any atom is -0.497 e. The number of hydrogen-bond acceptors (Lipinski definition) is 6. The average molecular weight is 538 g/mol. The largest absolute Gasteiger partial charge is 0.497 e. The zero-order valence-electron chi connectivity index (χ0n) is 22.7. The molecule has 2 aliphatic rings. The van der Waals surface area contributed by atoms with E-state index in [9.17, 15) is 9.59 Å². The lowest BCUT2D eigenvalue weighted by molar-refractivity contribution is 0.244. The van der Waals surface area contributed by atoms with Crippen molar-refractivity contribution in [3.05, 3.63) is 123 Å². The van der Waals surface area contributed by atoms with E-state index in [0.717, 1.165) is 41.0 Å². The molecular weight excluding hydrogens is 506 g/mol. The zero-order valence-corrected chi connectivity index (χ0v) is 22.7. The van der Waals surface area contributed by atoms with Gasteiger partial charge in [0.2, 0.25) is 0 Å². The number of nitrogens with zero attached hydrogens (tertiary/aromatic N) is 4. The maximum Gasteiger partial charge on any atom is 0.352 e. The van der Waals surface area contributed by atoms with Gasteiger partial charge in [0.1, 0.15) is 17.5 Å². The summed E-state index contributed by atoms with van der Waals surface area (Å²) < 4.78 is 13.3. The van der Waals surface area contributed by atoms with Crippen LogP contribution in [0.4, 0.5) is 0 Å². The summed E-state index contributed by atoms with van der Waals surface area (Å²) in [5.41, 5.74) is 3.39. The quantitative estimate of drug-likeness (QED) is 0.379. The number of aromatic nitrogens is 3. The number of benzene rings is 3. The van der Waals surface area contributed by atoms with Gasteiger partial charge in [-0.1, -0.05) is 48.5 Å². The first-order chi connectivity index (χ1) is 19.5. The fourth-order valence-electron chi connectivity index (χ4n) is 5.94. The summed E-state index contributed by atoms with van der Waals surface area (Å²) in [7, 11) is 5.26. The van der Waals surface area contributed by atoms with Crippen molar-refractivity contribution in [2.75, 3.05) is 21.3 Å². The van der Waals surface area contributed by atoms with Gasteiger partial charge in [-0.05, 0) is 60.4 Å². The van der Waals surface area contributed by atoms with Crippen LogP contribution in [0, 0.1) is 5.92 Å². The summed E-state index contributed by atoms with van der Waals surface area (Å²) in [5.74, 6) is 1.64. The van der Waals surface area contributed by atoms with E-state index in [-0.39, 0.29) is 12.0 Å². The molecule has 3 aromatic carbocycles. The smallest absolute Gasteiger partial charge is 0.352 e. The molecule has 1 aliphatic heterocycles. The van der Waals surface area contributed by atoms with E-state index >= 15 is 0 Å². The number of aromatic amines is 1. The third-order valence-corrected chi connectivity index (χ3v) is 7.81. The van der Waals surface area contributed by atoms with Gasteiger partial charge in [0.05, 0.1) is 31.7 Å². The van der Waals surface area contributed by atoms with E-state index in [0.29, 0.717) is 11.4 Å². The Bertz CT molecular complexity index is 1680. The molecule has 4 aromatic rings. The van der Waals surface area contributed by atoms with E-state index in [1.807, 2.05) is 54.5 Å². The Kier molecular flexibility index (Phi) is 6.63. The van der Waals surface area contributed by atoms with Gasteiger partial charge in [0, 0.05) is 18.5 Å². The van der Waals surface area contributed by atoms with E-state index in [1.165, 1.54) is 9.25 Å². The first-order valence-corrected chi connectivity index (χ1v) is 13.3. The van der Waals surface area contributed by atoms with Crippen LogP contribution < -0.4 is 20.9 Å². The summed E-state index contributed by atoms with van der Waals surface area (Å²) in [5, 5.41) is 9.87. The molecule has 0 fully saturated rings. The van der Waals surface area contributed by atoms with Crippen molar-refractivity contribution in [2.45, 2.75) is 24.9 Å². The minimum atomic E-state index is -0.583. The molecule has 0 saturated carbocycles. The van der Waals surface area contributed by atoms with Crippen LogP contribution in [0.15, 0.2) is 105 Å². The molecule has 0 spiro atoms. The van der Waals surface area contributed by atoms with Gasteiger partial charge in [-0.15, -0.1) is 0 Å². The van der Waals surface area contributed by atoms with Crippen LogP contribution in [-0.2, 0) is 0 Å². The molecule has 6 rings (SSSR count). The maximum absolute atomic E-state index is 13.9. The molecule has 1 aromatic heterocycles. The highest BCUT2D eigenvalue weighted by Gasteiger charge is 2.42. The van der Waals surface area contributed by atoms with E-state index in [2.05, 4.69) is 23.3 Å². The number of ether oxygens (including phenoxy) is 2. The zero-order chi connectivity index (χ0) is 27.8. The summed E-state index contributed by atoms with van der Waals surface area (Å²) in [6, 6.07) is 24.1. The first-order valence-electron chi connectivity index (χ1n) is 13.3. The molecule has 40 heavy (non-hydrogen) atoms. The van der Waals surface area contributed by atoms with Crippen molar-refractivity contribution in [2.24, 2.45) is 11.0 Å². The van der Waals surface area contributed by atoms with Crippen LogP contribution in [0.5, 0.6) is 11.5 Å². The number of methoxy groups -OCH3 is 2. The second-order valence-electron chi connectivity index (χ2n) is 10.0. The molecule has 3 atom stereocenters. The van der Waals surface area contributed by atoms with Crippen LogP contribution in [0.2, 0.25) is 0 Å². The van der Waals surface area contributed by atoms with Gasteiger partial charge in [-0.25, -0.2) is 23.9 Å². The summed E-state index contributed by atoms with van der Waals surface area (Å²) in [4.78, 5) is 27.0. The number of hydrazone groups is 1. The van der Waals surface area contributed by atoms with Crippen molar-refractivity contribution < 1.29 is 9.47 Å². The molecule has 1 N–H and O–H groups in total. The second kappa shape index (κ2) is 10.4. The lowest BCUT2D eigenvalue weighted by Gasteiger charge is -2.30. The van der Waals surface area contributed by atoms with Gasteiger partial charge >= 0.3 is 11.4 Å². The molecule has 0 saturated heterocycles. The van der Waals surface area contributed by atoms with Gasteiger partial charge in [-0.3, -0.25) is 5.01 Å². The molecule has 0 amide bonds. The van der Waals surface area contributed by atoms with Crippen molar-refractivity contribution in [3.8, 4) is 17.2 Å². The standard InChI is InChI=1S/C31H31N5O4/c1-34-28(20-12-16-23(39-2)17-13-20)25-10-7-11-26(27(25)32-34)29(21-14-18-24(40-3)19-15-21)36-31(38)35(30(37)33-36)22-8-5-4-6-9-22/h4-6,8-9,11-19,25,28-29H,7,10H2,1-3H3,(H,33,37). The number of H-pyrrole nitrogens is 1. The lowest BCUT2D eigenvalue weighted by atomic mass is 9.77. The van der Waals surface area contributed by atoms with E-state index in [1.54, 1.807) is 38.5 Å². The monoisotopic (exact) mass is 537 g/mol. The Balaban J connectivity index is 1.46. The molecule has 9 nitrogen and oxygen atoms in total. The number of rotatable bonds is 7. The molecule has 204 valence electrons. The minimum absolute atomic E-state index is 0.0470. The fourth-order valence-corrected chi connectivity index (χ4v) is 5.94. The van der Waals surface area contributed by atoms with E-state index < -0.39 is 17.4 Å². The second-order valence-corrected chi connectivity index (χ2v) is 10.0. The van der Waals surface area contributed by atoms with Crippen LogP contribution >= 0.6 is 0 Å². The molecule has 1 aliphatic carbocycles. The number of nitrogens with one attached hydrogen (secondary N) is 1. The maximum atomic E-state index is 13.9. The van der Waals surface area contributed by atoms with E-state index in [4.69, 9.17) is 14.6 Å². The predicted octanol–water partition coefficient (Wildman–Crippen LogP) is 4.31. The summed E-state index contributed by atoms with van der Waals surface area (Å²) in [6.45, 7) is 0. The van der Waals surface area contributed by atoms with Crippen molar-refractivity contribution >= 4 is 5.71 Å². The molecule has 2 heterocycles. The third-order valence-electron chi connectivity index (χ3n) is 7.81. The Labute approximate surface area is 231 Å². The molecule has 3 unspecified atom stereocenters. The Morgan fingerprint density at radius 3 is 2.20 bits per heavy atom. The predicted molar refractivity (Wildman–Crippen MR) is 154 cm³/mol. The number of allylic oxidation sites excluding steroid dienone is 2. The van der Waals surface area contributed by atoms with Gasteiger partial charge in [0.15, 0.2) is 0 Å². The number of fused-ring (bicyclic) bond motifs is 1. The van der Waals surface area contributed by atoms with Crippen LogP contribution in [0.3, 0.4) is 0 Å². The van der Waals surface area contributed by atoms with Gasteiger partial charge in [0.25, 0.3) is 0 Å². The summed E-state index contributed by atoms with van der Waals surface area (Å²) in [6.07, 6.45) is 3.90. The van der Waals surface area contributed by atoms with Crippen LogP contribution in [0.25, 0.3) is 5.69 Å². The van der Waals surface area contributed by atoms with Crippen molar-refractivity contribution in [1.29, 1.82) is 0 Å². The average Bonchev–Trinajstić information content (AvgIpc) is 3.48. The Morgan fingerprint density at radius 1 is 0.900 bits per heavy atom. The lowest BCUT2D eigenvalue weighted by Crippen LogP contribution is -2.34. The summed E-state index contributed by atoms with van der Waals surface area (Å²) >= 11 is 0. The number of hydrogen-bond donors (Lipinski definition) is 1. The van der Waals surface area contributed by atoms with Gasteiger partial charge < -0.3 is 9.47 Å². The highest BCUT2D eigenvalue weighted by molar-refractivity contribution is 6.05. The Morgan fingerprint density at radius 2 is 1.55 bits per heavy atom. The number of para-hydroxylation sites is 1. The Hall–Kier alpha value is -4.79. The van der Waals surface area contributed by atoms with Crippen LogP contribution in [0.1, 0.15) is 36.1 Å². The fraction of sp³-hybridized carbons (Fsp3) is 0.258. The normalized spacial score (nSPS) is 19.0. The highest BCUT2D eigenvalue weighted by atomic mass is 16.5. The third kappa shape index (κ3) is 4.33. The first kappa shape index (κ1) is 25.5. The topological polar surface area (TPSA) is 93.8 Å². The molecular formula is C31H31N5O4. The van der Waals surface area contributed by atoms with Crippen molar-refractivity contribution in [3.63, 3.8) is 0 Å². The molecule has 9 heteroatoms. The highest BCUT2D eigenvalue weighted by Crippen LogP contribution is 2.45. The van der Waals surface area contributed by atoms with Crippen molar-refractivity contribution in [1.82, 2.24) is 19.4 Å². The SMILES string of the molecule is COc1ccc(C2C3CCC=C(C(c4ccc(OC)cc4)n4[nH]c(=O)n(-c5ccccc5)c4=O)C3=NN2C)cc1. The van der Waals surface area contributed by atoms with Gasteiger partial charge in [-0.2, -0.15) is 5.10 Å². The molecule has 0 bridgehead atoms. The molecule has 0 radical (unpaired) electrons. The van der Waals surface area contributed by atoms with Crippen LogP contribution in [-0.4, -0.2) is 46.3 Å².